The van der Waals surface area contributed by atoms with Gasteiger partial charge in [-0.25, -0.2) is 13.2 Å². The quantitative estimate of drug-likeness (QED) is 0.701. The van der Waals surface area contributed by atoms with Crippen molar-refractivity contribution in [2.75, 3.05) is 0 Å². The second-order valence-corrected chi connectivity index (χ2v) is 2.75. The van der Waals surface area contributed by atoms with Crippen molar-refractivity contribution in [1.29, 1.82) is 0 Å². The maximum absolute atomic E-state index is 12.5. The third kappa shape index (κ3) is 2.78. The van der Waals surface area contributed by atoms with Crippen molar-refractivity contribution in [3.05, 3.63) is 0 Å². The van der Waals surface area contributed by atoms with E-state index in [4.69, 9.17) is 5.11 Å². The van der Waals surface area contributed by atoms with Gasteiger partial charge in [-0.15, -0.1) is 0 Å². The summed E-state index contributed by atoms with van der Waals surface area (Å²) in [7, 11) is 0. The van der Waals surface area contributed by atoms with Crippen molar-refractivity contribution in [2.24, 2.45) is 0 Å². The minimum atomic E-state index is -3.81. The van der Waals surface area contributed by atoms with E-state index >= 15 is 0 Å². The number of carbonyl (C=O) groups is 1. The molecule has 11 heavy (non-hydrogen) atoms. The Morgan fingerprint density at radius 3 is 1.82 bits per heavy atom. The largest absolute Gasteiger partial charge is 0.481 e. The van der Waals surface area contributed by atoms with Crippen molar-refractivity contribution >= 4 is 5.97 Å². The van der Waals surface area contributed by atoms with Gasteiger partial charge in [-0.2, -0.15) is 0 Å². The van der Waals surface area contributed by atoms with Crippen LogP contribution in [0.4, 0.5) is 13.2 Å². The summed E-state index contributed by atoms with van der Waals surface area (Å²) < 4.78 is 37.4. The number of alkyl halides is 3. The minimum Gasteiger partial charge on any atom is -0.481 e. The molecular formula is C6H9F3O2. The van der Waals surface area contributed by atoms with Crippen LogP contribution in [0, 0.1) is 0 Å². The molecule has 5 heteroatoms. The molecule has 0 heterocycles. The summed E-state index contributed by atoms with van der Waals surface area (Å²) >= 11 is 0. The molecule has 0 aromatic carbocycles. The van der Waals surface area contributed by atoms with Gasteiger partial charge >= 0.3 is 5.97 Å². The number of aliphatic carboxylic acids is 1. The Bertz CT molecular complexity index is 160. The molecule has 0 aliphatic carbocycles. The molecule has 0 aromatic heterocycles. The van der Waals surface area contributed by atoms with Crippen molar-refractivity contribution in [3.8, 4) is 0 Å². The summed E-state index contributed by atoms with van der Waals surface area (Å²) in [5, 5.41) is 7.97. The van der Waals surface area contributed by atoms with Gasteiger partial charge in [0.2, 0.25) is 0 Å². The normalized spacial score (nSPS) is 13.2. The van der Waals surface area contributed by atoms with E-state index in [1.165, 1.54) is 0 Å². The number of hydrogen-bond acceptors (Lipinski definition) is 1. The van der Waals surface area contributed by atoms with E-state index in [1.807, 2.05) is 0 Å². The van der Waals surface area contributed by atoms with E-state index in [1.54, 1.807) is 0 Å². The van der Waals surface area contributed by atoms with Crippen LogP contribution in [-0.2, 0) is 4.79 Å². The standard InChI is InChI=1S/C6H9F3O2/c1-5(2,7)6(8,9)3-4(10)11/h3H2,1-2H3,(H,10,11). The highest BCUT2D eigenvalue weighted by Crippen LogP contribution is 2.34. The highest BCUT2D eigenvalue weighted by Gasteiger charge is 2.48. The Labute approximate surface area is 62.0 Å². The number of hydrogen-bond donors (Lipinski definition) is 1. The molecule has 0 fully saturated rings. The van der Waals surface area contributed by atoms with Gasteiger partial charge in [-0.3, -0.25) is 4.79 Å². The van der Waals surface area contributed by atoms with Crippen LogP contribution in [0.1, 0.15) is 20.3 Å². The van der Waals surface area contributed by atoms with E-state index in [-0.39, 0.29) is 0 Å². The number of halogens is 3. The minimum absolute atomic E-state index is 0.649. The summed E-state index contributed by atoms with van der Waals surface area (Å²) in [4.78, 5) is 9.81. The number of carboxylic acids is 1. The first-order valence-corrected chi connectivity index (χ1v) is 2.95. The van der Waals surface area contributed by atoms with Gasteiger partial charge in [-0.1, -0.05) is 0 Å². The first-order chi connectivity index (χ1) is 4.67. The molecule has 0 saturated carbocycles. The molecule has 0 aromatic rings. The van der Waals surface area contributed by atoms with Gasteiger partial charge in [0.15, 0.2) is 5.67 Å². The van der Waals surface area contributed by atoms with Crippen LogP contribution in [-0.4, -0.2) is 22.7 Å². The van der Waals surface area contributed by atoms with E-state index in [2.05, 4.69) is 0 Å². The molecule has 0 bridgehead atoms. The zero-order valence-electron chi connectivity index (χ0n) is 6.20. The third-order valence-electron chi connectivity index (χ3n) is 1.24. The fraction of sp³-hybridized carbons (Fsp3) is 0.833. The molecule has 1 N–H and O–H groups in total. The Hall–Kier alpha value is -0.740. The molecule has 0 spiro atoms. The van der Waals surface area contributed by atoms with Crippen molar-refractivity contribution in [2.45, 2.75) is 31.9 Å². The zero-order valence-corrected chi connectivity index (χ0v) is 6.20. The highest BCUT2D eigenvalue weighted by atomic mass is 19.3. The molecule has 0 radical (unpaired) electrons. The van der Waals surface area contributed by atoms with Crippen LogP contribution in [0.3, 0.4) is 0 Å². The smallest absolute Gasteiger partial charge is 0.309 e. The van der Waals surface area contributed by atoms with Crippen LogP contribution in [0.15, 0.2) is 0 Å². The van der Waals surface area contributed by atoms with Crippen LogP contribution in [0.2, 0.25) is 0 Å². The maximum atomic E-state index is 12.5. The molecule has 66 valence electrons. The van der Waals surface area contributed by atoms with Crippen LogP contribution in [0.25, 0.3) is 0 Å². The van der Waals surface area contributed by atoms with E-state index in [0.29, 0.717) is 13.8 Å². The van der Waals surface area contributed by atoms with E-state index in [0.717, 1.165) is 0 Å². The second kappa shape index (κ2) is 2.71. The van der Waals surface area contributed by atoms with E-state index in [9.17, 15) is 18.0 Å². The van der Waals surface area contributed by atoms with Crippen LogP contribution >= 0.6 is 0 Å². The third-order valence-corrected chi connectivity index (χ3v) is 1.24. The van der Waals surface area contributed by atoms with Gasteiger partial charge in [0.25, 0.3) is 5.92 Å². The van der Waals surface area contributed by atoms with Gasteiger partial charge in [0.1, 0.15) is 6.42 Å². The highest BCUT2D eigenvalue weighted by molar-refractivity contribution is 5.68. The molecular weight excluding hydrogens is 161 g/mol. The molecule has 0 amide bonds. The zero-order chi connectivity index (χ0) is 9.28. The van der Waals surface area contributed by atoms with Crippen molar-refractivity contribution in [1.82, 2.24) is 0 Å². The Morgan fingerprint density at radius 1 is 1.36 bits per heavy atom. The first-order valence-electron chi connectivity index (χ1n) is 2.95. The van der Waals surface area contributed by atoms with Crippen LogP contribution in [0.5, 0.6) is 0 Å². The predicted molar refractivity (Wildman–Crippen MR) is 32.4 cm³/mol. The Kier molecular flexibility index (Phi) is 2.53. The average Bonchev–Trinajstić information content (AvgIpc) is 1.56. The second-order valence-electron chi connectivity index (χ2n) is 2.75. The lowest BCUT2D eigenvalue weighted by atomic mass is 10.00. The lowest BCUT2D eigenvalue weighted by Gasteiger charge is -2.24. The van der Waals surface area contributed by atoms with Gasteiger partial charge < -0.3 is 5.11 Å². The summed E-state index contributed by atoms with van der Waals surface area (Å²) in [6, 6.07) is 0. The number of rotatable bonds is 3. The van der Waals surface area contributed by atoms with Crippen molar-refractivity contribution in [3.63, 3.8) is 0 Å². The summed E-state index contributed by atoms with van der Waals surface area (Å²) in [5.74, 6) is -5.51. The summed E-state index contributed by atoms with van der Waals surface area (Å²) in [5.41, 5.74) is -2.79. The molecule has 0 aliphatic heterocycles. The molecule has 2 nitrogen and oxygen atoms in total. The molecule has 0 unspecified atom stereocenters. The number of carboxylic acid groups (broad SMARTS) is 1. The maximum Gasteiger partial charge on any atom is 0.309 e. The average molecular weight is 170 g/mol. The molecule has 0 rings (SSSR count). The topological polar surface area (TPSA) is 37.3 Å². The van der Waals surface area contributed by atoms with Gasteiger partial charge in [0.05, 0.1) is 0 Å². The monoisotopic (exact) mass is 170 g/mol. The van der Waals surface area contributed by atoms with Crippen molar-refractivity contribution < 1.29 is 23.1 Å². The Balaban J connectivity index is 4.34. The lowest BCUT2D eigenvalue weighted by Crippen LogP contribution is -2.40. The summed E-state index contributed by atoms with van der Waals surface area (Å²) in [6.07, 6.45) is -1.48. The van der Waals surface area contributed by atoms with Crippen LogP contribution < -0.4 is 0 Å². The van der Waals surface area contributed by atoms with E-state index < -0.39 is 24.0 Å². The van der Waals surface area contributed by atoms with Gasteiger partial charge in [0, 0.05) is 0 Å². The fourth-order valence-corrected chi connectivity index (χ4v) is 0.400. The SMILES string of the molecule is CC(C)(F)C(F)(F)CC(=O)O. The first kappa shape index (κ1) is 10.3. The van der Waals surface area contributed by atoms with Gasteiger partial charge in [-0.05, 0) is 13.8 Å². The summed E-state index contributed by atoms with van der Waals surface area (Å²) in [6.45, 7) is 1.30. The molecule has 0 aliphatic rings. The molecule has 0 saturated heterocycles. The fourth-order valence-electron chi connectivity index (χ4n) is 0.400. The predicted octanol–water partition coefficient (Wildman–Crippen LogP) is 1.84. The Morgan fingerprint density at radius 2 is 1.73 bits per heavy atom. The molecule has 0 atom stereocenters. The lowest BCUT2D eigenvalue weighted by molar-refractivity contribution is -0.161.